The quantitative estimate of drug-likeness (QED) is 0.310. The fourth-order valence-electron chi connectivity index (χ4n) is 2.96. The lowest BCUT2D eigenvalue weighted by Gasteiger charge is -2.23. The highest BCUT2D eigenvalue weighted by molar-refractivity contribution is 9.09. The molecule has 1 N–H and O–H groups in total. The van der Waals surface area contributed by atoms with Gasteiger partial charge in [0, 0.05) is 27.0 Å². The molecule has 1 aromatic heterocycles. The fraction of sp³-hybridized carbons (Fsp3) is 0.579. The van der Waals surface area contributed by atoms with Crippen molar-refractivity contribution in [2.24, 2.45) is 0 Å². The van der Waals surface area contributed by atoms with Gasteiger partial charge in [-0.3, -0.25) is 19.0 Å². The van der Waals surface area contributed by atoms with Crippen molar-refractivity contribution in [2.75, 3.05) is 11.9 Å². The van der Waals surface area contributed by atoms with Gasteiger partial charge in [0.2, 0.25) is 11.5 Å². The van der Waals surface area contributed by atoms with E-state index in [0.29, 0.717) is 0 Å². The summed E-state index contributed by atoms with van der Waals surface area (Å²) >= 11 is 3.38. The number of amides is 1. The highest BCUT2D eigenvalue weighted by Gasteiger charge is 2.48. The smallest absolute Gasteiger partial charge is 0.351 e. The lowest BCUT2D eigenvalue weighted by Crippen LogP contribution is -2.40. The molecular formula is C19H24BrN3O9. The van der Waals surface area contributed by atoms with Crippen LogP contribution in [0.5, 0.6) is 0 Å². The number of hydrogen-bond donors (Lipinski definition) is 1. The molecule has 2 rings (SSSR count). The molecule has 0 aromatic carbocycles. The van der Waals surface area contributed by atoms with E-state index in [0.717, 1.165) is 4.57 Å². The van der Waals surface area contributed by atoms with E-state index in [1.165, 1.54) is 46.9 Å². The summed E-state index contributed by atoms with van der Waals surface area (Å²) in [5, 5.41) is 2.39. The van der Waals surface area contributed by atoms with Gasteiger partial charge in [-0.25, -0.2) is 9.59 Å². The second kappa shape index (κ2) is 10.2. The molecular weight excluding hydrogens is 494 g/mol. The molecule has 1 fully saturated rings. The molecule has 0 spiro atoms. The standard InChI is InChI=1S/C19H24BrN3O9/c1-9(24)21-13-6-7-23(18(28)22-13)16-15(30-10(2)25)14(20)12(31-16)8-29-17(27)19(4,5)32-11(3)26/h6-7,12,14-16H,8H2,1-5H3,(H,21,22,24,28)/t12-,14+,15-,16-/m1/s1. The van der Waals surface area contributed by atoms with E-state index in [2.05, 4.69) is 26.2 Å². The third kappa shape index (κ3) is 6.36. The van der Waals surface area contributed by atoms with Gasteiger partial charge < -0.3 is 24.3 Å². The molecule has 13 heteroatoms. The van der Waals surface area contributed by atoms with Gasteiger partial charge in [-0.1, -0.05) is 15.9 Å². The maximum atomic E-state index is 12.5. The number of aromatic nitrogens is 2. The Kier molecular flexibility index (Phi) is 8.13. The van der Waals surface area contributed by atoms with Crippen molar-refractivity contribution >= 4 is 45.6 Å². The molecule has 1 aliphatic rings. The summed E-state index contributed by atoms with van der Waals surface area (Å²) in [7, 11) is 0. The van der Waals surface area contributed by atoms with Crippen molar-refractivity contribution in [3.05, 3.63) is 22.7 Å². The van der Waals surface area contributed by atoms with Gasteiger partial charge in [0.1, 0.15) is 18.5 Å². The highest BCUT2D eigenvalue weighted by Crippen LogP contribution is 2.36. The molecule has 0 saturated carbocycles. The lowest BCUT2D eigenvalue weighted by molar-refractivity contribution is -0.180. The first-order valence-electron chi connectivity index (χ1n) is 9.52. The van der Waals surface area contributed by atoms with Crippen LogP contribution in [-0.4, -0.2) is 62.6 Å². The summed E-state index contributed by atoms with van der Waals surface area (Å²) in [6.45, 7) is 6.12. The van der Waals surface area contributed by atoms with Gasteiger partial charge in [-0.2, -0.15) is 4.98 Å². The number of halogens is 1. The third-order valence-electron chi connectivity index (χ3n) is 4.24. The van der Waals surface area contributed by atoms with E-state index in [9.17, 15) is 24.0 Å². The number of nitrogens with zero attached hydrogens (tertiary/aromatic N) is 2. The van der Waals surface area contributed by atoms with Gasteiger partial charge in [-0.05, 0) is 19.9 Å². The predicted molar refractivity (Wildman–Crippen MR) is 112 cm³/mol. The number of carbonyl (C=O) groups excluding carboxylic acids is 4. The summed E-state index contributed by atoms with van der Waals surface area (Å²) in [5.41, 5.74) is -2.27. The molecule has 2 heterocycles. The first-order chi connectivity index (χ1) is 14.8. The van der Waals surface area contributed by atoms with Crippen LogP contribution in [-0.2, 0) is 38.1 Å². The number of rotatable bonds is 7. The van der Waals surface area contributed by atoms with Gasteiger partial charge in [0.15, 0.2) is 12.3 Å². The number of ether oxygens (including phenoxy) is 4. The number of esters is 3. The van der Waals surface area contributed by atoms with E-state index in [4.69, 9.17) is 18.9 Å². The van der Waals surface area contributed by atoms with Crippen molar-refractivity contribution in [1.29, 1.82) is 0 Å². The van der Waals surface area contributed by atoms with Crippen LogP contribution >= 0.6 is 15.9 Å². The van der Waals surface area contributed by atoms with Crippen molar-refractivity contribution in [3.8, 4) is 0 Å². The van der Waals surface area contributed by atoms with Crippen LogP contribution in [0.25, 0.3) is 0 Å². The molecule has 0 unspecified atom stereocenters. The maximum Gasteiger partial charge on any atom is 0.351 e. The second-order valence-electron chi connectivity index (χ2n) is 7.47. The van der Waals surface area contributed by atoms with Crippen LogP contribution in [0.4, 0.5) is 5.82 Å². The molecule has 12 nitrogen and oxygen atoms in total. The number of alkyl halides is 1. The second-order valence-corrected chi connectivity index (χ2v) is 8.53. The summed E-state index contributed by atoms with van der Waals surface area (Å²) < 4.78 is 22.4. The molecule has 32 heavy (non-hydrogen) atoms. The molecule has 176 valence electrons. The van der Waals surface area contributed by atoms with E-state index in [1.807, 2.05) is 0 Å². The van der Waals surface area contributed by atoms with E-state index in [1.54, 1.807) is 0 Å². The molecule has 0 radical (unpaired) electrons. The maximum absolute atomic E-state index is 12.5. The SMILES string of the molecule is CC(=O)Nc1ccn([C@@H]2O[C@H](COC(=O)C(C)(C)OC(C)=O)[C@H](Br)[C@H]2OC(C)=O)c(=O)n1. The zero-order valence-corrected chi connectivity index (χ0v) is 19.7. The Morgan fingerprint density at radius 1 is 1.22 bits per heavy atom. The number of hydrogen-bond acceptors (Lipinski definition) is 10. The summed E-state index contributed by atoms with van der Waals surface area (Å²) in [5.74, 6) is -2.41. The Balaban J connectivity index is 2.21. The predicted octanol–water partition coefficient (Wildman–Crippen LogP) is 0.679. The van der Waals surface area contributed by atoms with Crippen LogP contribution < -0.4 is 11.0 Å². The topological polar surface area (TPSA) is 152 Å². The summed E-state index contributed by atoms with van der Waals surface area (Å²) in [6, 6.07) is 1.38. The summed E-state index contributed by atoms with van der Waals surface area (Å²) in [6.07, 6.45) is -1.52. The van der Waals surface area contributed by atoms with Crippen molar-refractivity contribution < 1.29 is 38.1 Å². The van der Waals surface area contributed by atoms with Crippen LogP contribution in [0.3, 0.4) is 0 Å². The van der Waals surface area contributed by atoms with Crippen LogP contribution in [0.15, 0.2) is 17.1 Å². The molecule has 4 atom stereocenters. The minimum absolute atomic E-state index is 0.0503. The number of anilines is 1. The molecule has 1 aliphatic heterocycles. The Morgan fingerprint density at radius 2 is 1.88 bits per heavy atom. The van der Waals surface area contributed by atoms with Crippen LogP contribution in [0.2, 0.25) is 0 Å². The van der Waals surface area contributed by atoms with E-state index < -0.39 is 58.4 Å². The van der Waals surface area contributed by atoms with Crippen molar-refractivity contribution in [2.45, 2.75) is 63.5 Å². The van der Waals surface area contributed by atoms with Crippen molar-refractivity contribution in [3.63, 3.8) is 0 Å². The molecule has 0 bridgehead atoms. The lowest BCUT2D eigenvalue weighted by atomic mass is 10.1. The Hall–Kier alpha value is -2.80. The minimum Gasteiger partial charge on any atom is -0.460 e. The minimum atomic E-state index is -1.51. The first-order valence-corrected chi connectivity index (χ1v) is 10.4. The van der Waals surface area contributed by atoms with Gasteiger partial charge in [0.05, 0.1) is 4.83 Å². The largest absolute Gasteiger partial charge is 0.460 e. The Morgan fingerprint density at radius 3 is 2.41 bits per heavy atom. The normalized spacial score (nSPS) is 22.7. The zero-order chi connectivity index (χ0) is 24.2. The van der Waals surface area contributed by atoms with Crippen molar-refractivity contribution in [1.82, 2.24) is 9.55 Å². The average Bonchev–Trinajstić information content (AvgIpc) is 2.93. The first kappa shape index (κ1) is 25.5. The zero-order valence-electron chi connectivity index (χ0n) is 18.1. The Bertz CT molecular complexity index is 962. The molecule has 0 aliphatic carbocycles. The number of nitrogens with one attached hydrogen (secondary N) is 1. The molecule has 1 aromatic rings. The van der Waals surface area contributed by atoms with Crippen LogP contribution in [0.1, 0.15) is 40.8 Å². The summed E-state index contributed by atoms with van der Waals surface area (Å²) in [4.78, 5) is 61.8. The van der Waals surface area contributed by atoms with Gasteiger partial charge in [0.25, 0.3) is 0 Å². The van der Waals surface area contributed by atoms with Gasteiger partial charge in [-0.15, -0.1) is 0 Å². The molecule has 1 saturated heterocycles. The average molecular weight is 518 g/mol. The Labute approximate surface area is 191 Å². The fourth-order valence-corrected chi connectivity index (χ4v) is 3.61. The molecule has 1 amide bonds. The number of carbonyl (C=O) groups is 4. The van der Waals surface area contributed by atoms with E-state index in [-0.39, 0.29) is 12.4 Å². The van der Waals surface area contributed by atoms with Crippen LogP contribution in [0, 0.1) is 0 Å². The highest BCUT2D eigenvalue weighted by atomic mass is 79.9. The van der Waals surface area contributed by atoms with Gasteiger partial charge >= 0.3 is 23.6 Å². The monoisotopic (exact) mass is 517 g/mol. The van der Waals surface area contributed by atoms with E-state index >= 15 is 0 Å². The third-order valence-corrected chi connectivity index (χ3v) is 5.35.